The largest absolute Gasteiger partial charge is 0.444 e. The molecule has 0 radical (unpaired) electrons. The zero-order valence-electron chi connectivity index (χ0n) is 25.7. The molecular weight excluding hydrogens is 568 g/mol. The summed E-state index contributed by atoms with van der Waals surface area (Å²) in [5.74, 6) is 1.55. The summed E-state index contributed by atoms with van der Waals surface area (Å²) in [6, 6.07) is 7.68. The number of hydrogen-bond acceptors (Lipinski definition) is 9. The molecule has 0 aliphatic carbocycles. The third-order valence-electron chi connectivity index (χ3n) is 8.43. The number of fused-ring (bicyclic) bond motifs is 1. The number of piperazine rings is 1. The Bertz CT molecular complexity index is 1270. The molecule has 3 aliphatic rings. The number of aromatic nitrogens is 2. The first-order valence-electron chi connectivity index (χ1n) is 15.4. The van der Waals surface area contributed by atoms with Crippen molar-refractivity contribution in [3.05, 3.63) is 46.7 Å². The normalized spacial score (nSPS) is 21.0. The topological polar surface area (TPSA) is 124 Å². The SMILES string of the molecule is CC1Cc2c(ncnc2N2CCC(NC(=O)OC(C)(C)C)(C(=O)N[C@@H](CCN3CCNCC3)c3ccc(Cl)cc3)CC2)N1. The van der Waals surface area contributed by atoms with E-state index in [0.29, 0.717) is 37.0 Å². The van der Waals surface area contributed by atoms with Crippen molar-refractivity contribution in [3.63, 3.8) is 0 Å². The molecule has 2 aromatic rings. The fourth-order valence-corrected chi connectivity index (χ4v) is 6.27. The van der Waals surface area contributed by atoms with Crippen molar-refractivity contribution >= 4 is 35.2 Å². The minimum atomic E-state index is -1.14. The van der Waals surface area contributed by atoms with Gasteiger partial charge >= 0.3 is 6.09 Å². The van der Waals surface area contributed by atoms with Gasteiger partial charge in [0.2, 0.25) is 5.91 Å². The predicted octanol–water partition coefficient (Wildman–Crippen LogP) is 3.50. The summed E-state index contributed by atoms with van der Waals surface area (Å²) >= 11 is 6.20. The number of anilines is 2. The first-order valence-corrected chi connectivity index (χ1v) is 15.8. The molecule has 2 amide bonds. The Labute approximate surface area is 259 Å². The lowest BCUT2D eigenvalue weighted by molar-refractivity contribution is -0.129. The van der Waals surface area contributed by atoms with E-state index in [1.54, 1.807) is 6.33 Å². The third kappa shape index (κ3) is 7.87. The molecule has 5 rings (SSSR count). The van der Waals surface area contributed by atoms with E-state index in [4.69, 9.17) is 16.3 Å². The van der Waals surface area contributed by atoms with E-state index >= 15 is 0 Å². The number of alkyl carbamates (subject to hydrolysis) is 1. The smallest absolute Gasteiger partial charge is 0.408 e. The molecule has 2 fully saturated rings. The first-order chi connectivity index (χ1) is 20.5. The molecule has 1 aromatic carbocycles. The molecule has 234 valence electrons. The Morgan fingerprint density at radius 3 is 2.49 bits per heavy atom. The van der Waals surface area contributed by atoms with Crippen LogP contribution in [0.1, 0.15) is 64.1 Å². The summed E-state index contributed by atoms with van der Waals surface area (Å²) < 4.78 is 5.63. The minimum Gasteiger partial charge on any atom is -0.444 e. The molecule has 1 unspecified atom stereocenters. The maximum Gasteiger partial charge on any atom is 0.408 e. The second-order valence-corrected chi connectivity index (χ2v) is 13.4. The van der Waals surface area contributed by atoms with Crippen LogP contribution in [0.2, 0.25) is 5.02 Å². The van der Waals surface area contributed by atoms with E-state index in [9.17, 15) is 9.59 Å². The van der Waals surface area contributed by atoms with Crippen molar-refractivity contribution < 1.29 is 14.3 Å². The van der Waals surface area contributed by atoms with Crippen LogP contribution >= 0.6 is 11.6 Å². The number of ether oxygens (including phenoxy) is 1. The van der Waals surface area contributed by atoms with Gasteiger partial charge in [-0.25, -0.2) is 14.8 Å². The standard InChI is InChI=1S/C31H45ClN8O3/c1-21-19-24-26(36-21)34-20-35-27(24)40-15-10-31(11-16-40,38-29(42)43-30(2,3)4)28(41)37-25(22-5-7-23(32)8-6-22)9-14-39-17-12-33-13-18-39/h5-8,20-21,25,33H,9-19H2,1-4H3,(H,37,41)(H,38,42)(H,34,35,36)/t21?,25-/m0/s1. The average Bonchev–Trinajstić information content (AvgIpc) is 3.36. The fourth-order valence-electron chi connectivity index (χ4n) is 6.15. The van der Waals surface area contributed by atoms with Crippen LogP contribution in [-0.2, 0) is 16.0 Å². The number of piperidine rings is 1. The number of benzene rings is 1. The fraction of sp³-hybridized carbons (Fsp3) is 0.613. The molecule has 2 saturated heterocycles. The monoisotopic (exact) mass is 612 g/mol. The number of amides is 2. The van der Waals surface area contributed by atoms with Crippen molar-refractivity contribution in [3.8, 4) is 0 Å². The summed E-state index contributed by atoms with van der Waals surface area (Å²) in [5, 5.41) is 13.8. The number of halogens is 1. The zero-order valence-corrected chi connectivity index (χ0v) is 26.5. The molecule has 43 heavy (non-hydrogen) atoms. The van der Waals surface area contributed by atoms with Crippen LogP contribution < -0.4 is 26.2 Å². The third-order valence-corrected chi connectivity index (χ3v) is 8.68. The maximum absolute atomic E-state index is 14.3. The van der Waals surface area contributed by atoms with Crippen LogP contribution in [0.4, 0.5) is 16.4 Å². The van der Waals surface area contributed by atoms with Gasteiger partial charge in [-0.1, -0.05) is 23.7 Å². The van der Waals surface area contributed by atoms with E-state index in [-0.39, 0.29) is 11.9 Å². The Hall–Kier alpha value is -3.15. The van der Waals surface area contributed by atoms with Crippen molar-refractivity contribution in [2.75, 3.05) is 56.0 Å². The lowest BCUT2D eigenvalue weighted by atomic mass is 9.85. The van der Waals surface area contributed by atoms with Crippen LogP contribution in [0.25, 0.3) is 0 Å². The molecule has 0 saturated carbocycles. The zero-order chi connectivity index (χ0) is 30.6. The number of hydrogen-bond donors (Lipinski definition) is 4. The van der Waals surface area contributed by atoms with Gasteiger partial charge in [0.05, 0.1) is 6.04 Å². The van der Waals surface area contributed by atoms with Gasteiger partial charge in [0, 0.05) is 62.4 Å². The highest BCUT2D eigenvalue weighted by Gasteiger charge is 2.45. The summed E-state index contributed by atoms with van der Waals surface area (Å²) in [6.45, 7) is 13.4. The lowest BCUT2D eigenvalue weighted by Crippen LogP contribution is -2.64. The molecule has 2 atom stereocenters. The van der Waals surface area contributed by atoms with Crippen LogP contribution in [0.5, 0.6) is 0 Å². The Kier molecular flexibility index (Phi) is 9.63. The van der Waals surface area contributed by atoms with Crippen LogP contribution in [-0.4, -0.2) is 89.9 Å². The number of rotatable bonds is 8. The van der Waals surface area contributed by atoms with E-state index in [2.05, 4.69) is 48.0 Å². The summed E-state index contributed by atoms with van der Waals surface area (Å²) in [7, 11) is 0. The summed E-state index contributed by atoms with van der Waals surface area (Å²) in [4.78, 5) is 41.1. The minimum absolute atomic E-state index is 0.207. The number of carbonyl (C=O) groups is 2. The molecule has 11 nitrogen and oxygen atoms in total. The van der Waals surface area contributed by atoms with Gasteiger partial charge in [0.25, 0.3) is 0 Å². The molecular formula is C31H45ClN8O3. The van der Waals surface area contributed by atoms with Crippen molar-refractivity contribution in [1.29, 1.82) is 0 Å². The summed E-state index contributed by atoms with van der Waals surface area (Å²) in [6.07, 6.45) is 3.39. The molecule has 1 aromatic heterocycles. The van der Waals surface area contributed by atoms with Gasteiger partial charge in [-0.05, 0) is 71.1 Å². The Balaban J connectivity index is 1.36. The first kappa shape index (κ1) is 31.3. The Morgan fingerprint density at radius 2 is 1.81 bits per heavy atom. The molecule has 4 heterocycles. The molecule has 0 spiro atoms. The van der Waals surface area contributed by atoms with Crippen molar-refractivity contribution in [1.82, 2.24) is 30.8 Å². The van der Waals surface area contributed by atoms with Crippen molar-refractivity contribution in [2.45, 2.75) is 76.6 Å². The molecule has 12 heteroatoms. The van der Waals surface area contributed by atoms with Gasteiger partial charge in [-0.3, -0.25) is 4.79 Å². The lowest BCUT2D eigenvalue weighted by Gasteiger charge is -2.42. The second kappa shape index (κ2) is 13.2. The van der Waals surface area contributed by atoms with E-state index < -0.39 is 17.2 Å². The molecule has 3 aliphatic heterocycles. The van der Waals surface area contributed by atoms with E-state index in [0.717, 1.165) is 68.3 Å². The Morgan fingerprint density at radius 1 is 1.12 bits per heavy atom. The second-order valence-electron chi connectivity index (χ2n) is 12.9. The number of nitrogens with one attached hydrogen (secondary N) is 4. The van der Waals surface area contributed by atoms with Crippen LogP contribution in [0, 0.1) is 0 Å². The van der Waals surface area contributed by atoms with Crippen LogP contribution in [0.3, 0.4) is 0 Å². The van der Waals surface area contributed by atoms with Gasteiger partial charge in [-0.2, -0.15) is 0 Å². The van der Waals surface area contributed by atoms with E-state index in [1.165, 1.54) is 0 Å². The highest BCUT2D eigenvalue weighted by molar-refractivity contribution is 6.30. The molecule has 4 N–H and O–H groups in total. The van der Waals surface area contributed by atoms with Gasteiger partial charge in [-0.15, -0.1) is 0 Å². The number of nitrogens with zero attached hydrogens (tertiary/aromatic N) is 4. The quantitative estimate of drug-likeness (QED) is 0.355. The van der Waals surface area contributed by atoms with E-state index in [1.807, 2.05) is 45.0 Å². The van der Waals surface area contributed by atoms with Gasteiger partial charge in [0.15, 0.2) is 0 Å². The van der Waals surface area contributed by atoms with Crippen molar-refractivity contribution in [2.24, 2.45) is 0 Å². The highest BCUT2D eigenvalue weighted by Crippen LogP contribution is 2.34. The maximum atomic E-state index is 14.3. The highest BCUT2D eigenvalue weighted by atomic mass is 35.5. The van der Waals surface area contributed by atoms with Gasteiger partial charge < -0.3 is 35.8 Å². The average molecular weight is 613 g/mol. The van der Waals surface area contributed by atoms with Gasteiger partial charge in [0.1, 0.15) is 29.1 Å². The van der Waals surface area contributed by atoms with Crippen LogP contribution in [0.15, 0.2) is 30.6 Å². The summed E-state index contributed by atoms with van der Waals surface area (Å²) in [5.41, 5.74) is 0.252. The predicted molar refractivity (Wildman–Crippen MR) is 169 cm³/mol. The number of carbonyl (C=O) groups excluding carboxylic acids is 2. The molecule has 0 bridgehead atoms.